The van der Waals surface area contributed by atoms with Gasteiger partial charge in [0.15, 0.2) is 0 Å². The highest BCUT2D eigenvalue weighted by Gasteiger charge is 2.42. The SMILES string of the molecule is CCc1cc(C(=O)N2C[C@H]3CC[C@@H](C2)N(Cc2cscn2)C3=O)cs1. The summed E-state index contributed by atoms with van der Waals surface area (Å²) < 4.78 is 0. The van der Waals surface area contributed by atoms with Crippen LogP contribution in [-0.4, -0.2) is 45.7 Å². The smallest absolute Gasteiger partial charge is 0.254 e. The first-order chi connectivity index (χ1) is 12.2. The summed E-state index contributed by atoms with van der Waals surface area (Å²) >= 11 is 3.19. The maximum absolute atomic E-state index is 12.9. The van der Waals surface area contributed by atoms with Crippen LogP contribution < -0.4 is 0 Å². The second-order valence-electron chi connectivity index (χ2n) is 6.74. The van der Waals surface area contributed by atoms with Crippen LogP contribution in [0.1, 0.15) is 40.7 Å². The van der Waals surface area contributed by atoms with E-state index in [1.807, 2.05) is 26.6 Å². The highest BCUT2D eigenvalue weighted by molar-refractivity contribution is 7.10. The van der Waals surface area contributed by atoms with Crippen molar-refractivity contribution in [3.8, 4) is 0 Å². The minimum Gasteiger partial charge on any atom is -0.336 e. The molecule has 2 aromatic heterocycles. The van der Waals surface area contributed by atoms with E-state index in [1.165, 1.54) is 4.88 Å². The van der Waals surface area contributed by atoms with Crippen LogP contribution in [0.15, 0.2) is 22.3 Å². The lowest BCUT2D eigenvalue weighted by Gasteiger charge is -2.35. The third-order valence-electron chi connectivity index (χ3n) is 5.15. The molecule has 7 heteroatoms. The van der Waals surface area contributed by atoms with Gasteiger partial charge in [-0.1, -0.05) is 6.92 Å². The predicted octanol–water partition coefficient (Wildman–Crippen LogP) is 3.03. The second-order valence-corrected chi connectivity index (χ2v) is 8.45. The number of carbonyl (C=O) groups excluding carboxylic acids is 2. The van der Waals surface area contributed by atoms with Gasteiger partial charge in [0, 0.05) is 34.8 Å². The van der Waals surface area contributed by atoms with E-state index in [-0.39, 0.29) is 23.8 Å². The second kappa shape index (κ2) is 6.88. The van der Waals surface area contributed by atoms with Crippen LogP contribution in [0.5, 0.6) is 0 Å². The van der Waals surface area contributed by atoms with Crippen molar-refractivity contribution >= 4 is 34.5 Å². The monoisotopic (exact) mass is 375 g/mol. The lowest BCUT2D eigenvalue weighted by Crippen LogP contribution is -2.47. The molecule has 0 aromatic carbocycles. The molecule has 0 N–H and O–H groups in total. The number of hydrogen-bond donors (Lipinski definition) is 0. The summed E-state index contributed by atoms with van der Waals surface area (Å²) in [6.45, 7) is 3.83. The lowest BCUT2D eigenvalue weighted by atomic mass is 9.94. The van der Waals surface area contributed by atoms with Crippen molar-refractivity contribution in [2.75, 3.05) is 13.1 Å². The van der Waals surface area contributed by atoms with Crippen molar-refractivity contribution in [3.63, 3.8) is 0 Å². The number of hydrogen-bond acceptors (Lipinski definition) is 5. The molecule has 0 spiro atoms. The van der Waals surface area contributed by atoms with E-state index >= 15 is 0 Å². The molecule has 3 aliphatic rings. The molecule has 2 atom stereocenters. The molecule has 3 aliphatic heterocycles. The summed E-state index contributed by atoms with van der Waals surface area (Å²) in [6.07, 6.45) is 2.79. The van der Waals surface area contributed by atoms with Crippen LogP contribution in [0.25, 0.3) is 0 Å². The molecule has 3 fully saturated rings. The standard InChI is InChI=1S/C18H21N3O2S2/c1-2-16-5-13(9-25-16)17(22)20-6-12-3-4-15(8-20)21(18(12)23)7-14-10-24-11-19-14/h5,9-12,15H,2-4,6-8H2,1H3/t12-,15+/m1/s1. The van der Waals surface area contributed by atoms with Crippen molar-refractivity contribution in [2.24, 2.45) is 5.92 Å². The van der Waals surface area contributed by atoms with E-state index in [4.69, 9.17) is 0 Å². The summed E-state index contributed by atoms with van der Waals surface area (Å²) in [7, 11) is 0. The van der Waals surface area contributed by atoms with Gasteiger partial charge < -0.3 is 9.80 Å². The molecule has 3 saturated heterocycles. The van der Waals surface area contributed by atoms with Gasteiger partial charge in [-0.15, -0.1) is 22.7 Å². The maximum atomic E-state index is 12.9. The van der Waals surface area contributed by atoms with Crippen molar-refractivity contribution in [3.05, 3.63) is 38.5 Å². The van der Waals surface area contributed by atoms with Gasteiger partial charge in [0.25, 0.3) is 5.91 Å². The van der Waals surface area contributed by atoms with E-state index in [2.05, 4.69) is 11.9 Å². The third kappa shape index (κ3) is 3.22. The summed E-state index contributed by atoms with van der Waals surface area (Å²) in [6, 6.07) is 2.09. The van der Waals surface area contributed by atoms with E-state index < -0.39 is 0 Å². The number of aryl methyl sites for hydroxylation is 1. The fraction of sp³-hybridized carbons (Fsp3) is 0.500. The Hall–Kier alpha value is -1.73. The first-order valence-electron chi connectivity index (χ1n) is 8.70. The number of piperidine rings is 1. The maximum Gasteiger partial charge on any atom is 0.254 e. The molecule has 2 amide bonds. The summed E-state index contributed by atoms with van der Waals surface area (Å²) in [4.78, 5) is 35.2. The number of amides is 2. The largest absolute Gasteiger partial charge is 0.336 e. The van der Waals surface area contributed by atoms with E-state index in [0.29, 0.717) is 19.6 Å². The van der Waals surface area contributed by atoms with Crippen LogP contribution in [-0.2, 0) is 17.8 Å². The molecule has 25 heavy (non-hydrogen) atoms. The van der Waals surface area contributed by atoms with Gasteiger partial charge in [-0.3, -0.25) is 9.59 Å². The van der Waals surface area contributed by atoms with Gasteiger partial charge in [-0.25, -0.2) is 4.98 Å². The topological polar surface area (TPSA) is 53.5 Å². The average molecular weight is 376 g/mol. The summed E-state index contributed by atoms with van der Waals surface area (Å²) in [5.41, 5.74) is 3.50. The predicted molar refractivity (Wildman–Crippen MR) is 98.8 cm³/mol. The average Bonchev–Trinajstić information content (AvgIpc) is 3.23. The van der Waals surface area contributed by atoms with Crippen LogP contribution in [0.3, 0.4) is 0 Å². The van der Waals surface area contributed by atoms with Crippen LogP contribution in [0.4, 0.5) is 0 Å². The van der Waals surface area contributed by atoms with Crippen molar-refractivity contribution in [1.82, 2.24) is 14.8 Å². The van der Waals surface area contributed by atoms with E-state index in [1.54, 1.807) is 28.2 Å². The van der Waals surface area contributed by atoms with E-state index in [0.717, 1.165) is 30.5 Å². The van der Waals surface area contributed by atoms with Gasteiger partial charge in [-0.2, -0.15) is 0 Å². The molecule has 2 aromatic rings. The molecule has 0 radical (unpaired) electrons. The molecule has 0 unspecified atom stereocenters. The van der Waals surface area contributed by atoms with Crippen molar-refractivity contribution < 1.29 is 9.59 Å². The third-order valence-corrected chi connectivity index (χ3v) is 6.86. The highest BCUT2D eigenvalue weighted by atomic mass is 32.1. The molecule has 5 rings (SSSR count). The Morgan fingerprint density at radius 2 is 2.20 bits per heavy atom. The molecule has 2 bridgehead atoms. The molecule has 5 heterocycles. The van der Waals surface area contributed by atoms with Gasteiger partial charge in [0.05, 0.1) is 29.2 Å². The normalized spacial score (nSPS) is 23.2. The van der Waals surface area contributed by atoms with Gasteiger partial charge in [-0.05, 0) is 25.3 Å². The van der Waals surface area contributed by atoms with Gasteiger partial charge in [0.1, 0.15) is 0 Å². The Morgan fingerprint density at radius 3 is 2.92 bits per heavy atom. The first kappa shape index (κ1) is 16.7. The molecule has 132 valence electrons. The quantitative estimate of drug-likeness (QED) is 0.825. The Balaban J connectivity index is 1.54. The Morgan fingerprint density at radius 1 is 1.32 bits per heavy atom. The van der Waals surface area contributed by atoms with Crippen LogP contribution in [0.2, 0.25) is 0 Å². The Kier molecular flexibility index (Phi) is 4.60. The summed E-state index contributed by atoms with van der Waals surface area (Å²) in [5, 5.41) is 3.94. The van der Waals surface area contributed by atoms with Crippen LogP contribution >= 0.6 is 22.7 Å². The number of nitrogens with zero attached hydrogens (tertiary/aromatic N) is 3. The fourth-order valence-electron chi connectivity index (χ4n) is 3.77. The number of thiazole rings is 1. The zero-order chi connectivity index (χ0) is 17.4. The number of rotatable bonds is 4. The molecular formula is C18H21N3O2S2. The highest BCUT2D eigenvalue weighted by Crippen LogP contribution is 2.31. The molecule has 5 nitrogen and oxygen atoms in total. The first-order valence-corrected chi connectivity index (χ1v) is 10.5. The van der Waals surface area contributed by atoms with Crippen molar-refractivity contribution in [1.29, 1.82) is 0 Å². The van der Waals surface area contributed by atoms with Crippen LogP contribution in [0, 0.1) is 5.92 Å². The summed E-state index contributed by atoms with van der Waals surface area (Å²) in [5.74, 6) is 0.167. The zero-order valence-corrected chi connectivity index (χ0v) is 15.8. The lowest BCUT2D eigenvalue weighted by molar-refractivity contribution is -0.140. The Bertz CT molecular complexity index is 771. The number of fused-ring (bicyclic) bond motifs is 4. The van der Waals surface area contributed by atoms with E-state index in [9.17, 15) is 9.59 Å². The number of aromatic nitrogens is 1. The number of thiophene rings is 1. The molecule has 0 aliphatic carbocycles. The molecule has 0 saturated carbocycles. The Labute approximate surface area is 155 Å². The molecular weight excluding hydrogens is 354 g/mol. The van der Waals surface area contributed by atoms with Gasteiger partial charge in [0.2, 0.25) is 5.91 Å². The van der Waals surface area contributed by atoms with Gasteiger partial charge >= 0.3 is 0 Å². The van der Waals surface area contributed by atoms with Crippen molar-refractivity contribution in [2.45, 2.75) is 38.8 Å². The minimum absolute atomic E-state index is 0.0659. The number of carbonyl (C=O) groups is 2. The zero-order valence-electron chi connectivity index (χ0n) is 14.2. The fourth-order valence-corrected chi connectivity index (χ4v) is 5.12. The minimum atomic E-state index is -0.0781.